The summed E-state index contributed by atoms with van der Waals surface area (Å²) in [4.78, 5) is 3.21. The molecule has 8 heteroatoms. The molecule has 1 aromatic heterocycles. The van der Waals surface area contributed by atoms with Crippen LogP contribution in [0, 0.1) is 11.3 Å². The molecule has 32 heavy (non-hydrogen) atoms. The second-order valence-electron chi connectivity index (χ2n) is 7.17. The van der Waals surface area contributed by atoms with Crippen LogP contribution in [0.5, 0.6) is 5.75 Å². The summed E-state index contributed by atoms with van der Waals surface area (Å²) < 4.78 is 33.7. The van der Waals surface area contributed by atoms with Crippen LogP contribution < -0.4 is 14.8 Å². The highest BCUT2D eigenvalue weighted by molar-refractivity contribution is 7.92. The second kappa shape index (κ2) is 9.56. The van der Waals surface area contributed by atoms with Crippen LogP contribution in [0.25, 0.3) is 10.9 Å². The highest BCUT2D eigenvalue weighted by Crippen LogP contribution is 2.24. The molecule has 0 atom stereocenters. The highest BCUT2D eigenvalue weighted by atomic mass is 32.2. The van der Waals surface area contributed by atoms with Crippen LogP contribution in [0.4, 0.5) is 5.69 Å². The molecule has 0 aliphatic carbocycles. The molecule has 3 N–H and O–H groups in total. The maximum atomic E-state index is 12.6. The Kier molecular flexibility index (Phi) is 6.40. The molecule has 0 fully saturated rings. The first-order valence-electron chi connectivity index (χ1n) is 10.1. The van der Waals surface area contributed by atoms with E-state index in [4.69, 9.17) is 10.00 Å². The van der Waals surface area contributed by atoms with Gasteiger partial charge in [-0.25, -0.2) is 8.42 Å². The largest absolute Gasteiger partial charge is 0.492 e. The summed E-state index contributed by atoms with van der Waals surface area (Å²) in [6, 6.07) is 22.9. The Morgan fingerprint density at radius 1 is 1.00 bits per heavy atom. The van der Waals surface area contributed by atoms with Gasteiger partial charge in [-0.3, -0.25) is 4.72 Å². The molecule has 1 heterocycles. The molecule has 0 bridgehead atoms. The molecular formula is C24H22N4O3S. The topological polar surface area (TPSA) is 107 Å². The smallest absolute Gasteiger partial charge is 0.261 e. The number of aromatic nitrogens is 1. The standard InChI is InChI=1S/C24H22N4O3S/c25-16-18-4-2-7-21(15-18)32(29,30)28-20-6-1-5-19(14-20)17-26-12-13-31-24-9-3-8-23-22(24)10-11-27-23/h1-11,14-15,26-28H,12-13,17H2. The van der Waals surface area contributed by atoms with Gasteiger partial charge in [-0.2, -0.15) is 5.26 Å². The van der Waals surface area contributed by atoms with Crippen LogP contribution in [-0.2, 0) is 16.6 Å². The van der Waals surface area contributed by atoms with Gasteiger partial charge in [0.05, 0.1) is 16.5 Å². The van der Waals surface area contributed by atoms with E-state index in [1.165, 1.54) is 12.1 Å². The average Bonchev–Trinajstić information content (AvgIpc) is 3.29. The first-order valence-corrected chi connectivity index (χ1v) is 11.5. The van der Waals surface area contributed by atoms with Crippen LogP contribution in [0.2, 0.25) is 0 Å². The first kappa shape index (κ1) is 21.4. The van der Waals surface area contributed by atoms with Gasteiger partial charge in [0, 0.05) is 35.9 Å². The Hall–Kier alpha value is -3.80. The monoisotopic (exact) mass is 446 g/mol. The quantitative estimate of drug-likeness (QED) is 0.337. The van der Waals surface area contributed by atoms with Crippen molar-refractivity contribution in [1.29, 1.82) is 5.26 Å². The number of hydrogen-bond donors (Lipinski definition) is 3. The number of H-pyrrole nitrogens is 1. The molecule has 7 nitrogen and oxygen atoms in total. The van der Waals surface area contributed by atoms with Crippen LogP contribution in [0.3, 0.4) is 0 Å². The number of benzene rings is 3. The van der Waals surface area contributed by atoms with Crippen LogP contribution in [0.15, 0.2) is 83.9 Å². The van der Waals surface area contributed by atoms with Crippen molar-refractivity contribution >= 4 is 26.6 Å². The molecule has 0 unspecified atom stereocenters. The molecule has 0 aliphatic rings. The van der Waals surface area contributed by atoms with Crippen molar-refractivity contribution in [2.45, 2.75) is 11.4 Å². The van der Waals surface area contributed by atoms with Gasteiger partial charge in [0.25, 0.3) is 10.0 Å². The van der Waals surface area contributed by atoms with Crippen LogP contribution in [-0.4, -0.2) is 26.6 Å². The number of rotatable bonds is 9. The molecule has 162 valence electrons. The van der Waals surface area contributed by atoms with E-state index in [0.29, 0.717) is 30.9 Å². The summed E-state index contributed by atoms with van der Waals surface area (Å²) in [6.07, 6.45) is 1.89. The number of nitriles is 1. The average molecular weight is 447 g/mol. The molecule has 4 rings (SSSR count). The maximum Gasteiger partial charge on any atom is 0.261 e. The van der Waals surface area contributed by atoms with Crippen molar-refractivity contribution in [3.63, 3.8) is 0 Å². The zero-order valence-electron chi connectivity index (χ0n) is 17.2. The predicted octanol–water partition coefficient (Wildman–Crippen LogP) is 4.01. The van der Waals surface area contributed by atoms with Crippen LogP contribution >= 0.6 is 0 Å². The molecule has 0 spiro atoms. The van der Waals surface area contributed by atoms with Crippen LogP contribution in [0.1, 0.15) is 11.1 Å². The third-order valence-electron chi connectivity index (χ3n) is 4.87. The zero-order valence-corrected chi connectivity index (χ0v) is 18.0. The fraction of sp³-hybridized carbons (Fsp3) is 0.125. The molecule has 0 saturated carbocycles. The summed E-state index contributed by atoms with van der Waals surface area (Å²) >= 11 is 0. The lowest BCUT2D eigenvalue weighted by molar-refractivity contribution is 0.317. The van der Waals surface area contributed by atoms with Crippen molar-refractivity contribution < 1.29 is 13.2 Å². The summed E-state index contributed by atoms with van der Waals surface area (Å²) in [7, 11) is -3.78. The lowest BCUT2D eigenvalue weighted by Gasteiger charge is -2.11. The number of anilines is 1. The minimum Gasteiger partial charge on any atom is -0.492 e. The first-order chi connectivity index (χ1) is 15.5. The Morgan fingerprint density at radius 3 is 2.72 bits per heavy atom. The number of fused-ring (bicyclic) bond motifs is 1. The van der Waals surface area contributed by atoms with Crippen molar-refractivity contribution in [3.8, 4) is 11.8 Å². The second-order valence-corrected chi connectivity index (χ2v) is 8.85. The number of nitrogens with one attached hydrogen (secondary N) is 3. The van der Waals surface area contributed by atoms with Crippen molar-refractivity contribution in [3.05, 3.63) is 90.1 Å². The van der Waals surface area contributed by atoms with Crippen molar-refractivity contribution in [1.82, 2.24) is 10.3 Å². The summed E-state index contributed by atoms with van der Waals surface area (Å²) in [5.41, 5.74) is 2.72. The van der Waals surface area contributed by atoms with E-state index in [2.05, 4.69) is 15.0 Å². The molecule has 0 amide bonds. The molecule has 0 saturated heterocycles. The van der Waals surface area contributed by atoms with Gasteiger partial charge in [-0.15, -0.1) is 0 Å². The number of hydrogen-bond acceptors (Lipinski definition) is 5. The minimum atomic E-state index is -3.78. The molecule has 0 aliphatic heterocycles. The van der Waals surface area contributed by atoms with E-state index < -0.39 is 10.0 Å². The summed E-state index contributed by atoms with van der Waals surface area (Å²) in [5.74, 6) is 0.836. The van der Waals surface area contributed by atoms with Gasteiger partial charge >= 0.3 is 0 Å². The Morgan fingerprint density at radius 2 is 1.84 bits per heavy atom. The molecule has 4 aromatic rings. The van der Waals surface area contributed by atoms with Gasteiger partial charge in [0.15, 0.2) is 0 Å². The fourth-order valence-electron chi connectivity index (χ4n) is 3.34. The van der Waals surface area contributed by atoms with E-state index in [1.54, 1.807) is 30.3 Å². The van der Waals surface area contributed by atoms with Gasteiger partial charge in [0.2, 0.25) is 0 Å². The van der Waals surface area contributed by atoms with Gasteiger partial charge in [0.1, 0.15) is 12.4 Å². The third-order valence-corrected chi connectivity index (χ3v) is 6.25. The zero-order chi connectivity index (χ0) is 22.4. The van der Waals surface area contributed by atoms with Crippen molar-refractivity contribution in [2.75, 3.05) is 17.9 Å². The lowest BCUT2D eigenvalue weighted by atomic mass is 10.2. The van der Waals surface area contributed by atoms with Gasteiger partial charge in [-0.05, 0) is 54.1 Å². The Labute approximate surface area is 186 Å². The Bertz CT molecular complexity index is 1370. The molecule has 3 aromatic carbocycles. The van der Waals surface area contributed by atoms with E-state index >= 15 is 0 Å². The number of sulfonamides is 1. The number of ether oxygens (including phenoxy) is 1. The third kappa shape index (κ3) is 5.09. The highest BCUT2D eigenvalue weighted by Gasteiger charge is 2.15. The van der Waals surface area contributed by atoms with E-state index in [0.717, 1.165) is 22.2 Å². The van der Waals surface area contributed by atoms with Gasteiger partial charge in [-0.1, -0.05) is 24.3 Å². The summed E-state index contributed by atoms with van der Waals surface area (Å²) in [5, 5.41) is 13.3. The van der Waals surface area contributed by atoms with E-state index in [1.807, 2.05) is 42.6 Å². The van der Waals surface area contributed by atoms with Gasteiger partial charge < -0.3 is 15.0 Å². The van der Waals surface area contributed by atoms with Crippen molar-refractivity contribution in [2.24, 2.45) is 0 Å². The number of nitrogens with zero attached hydrogens (tertiary/aromatic N) is 1. The summed E-state index contributed by atoms with van der Waals surface area (Å²) in [6.45, 7) is 1.71. The number of aromatic amines is 1. The molecule has 0 radical (unpaired) electrons. The normalized spacial score (nSPS) is 11.2. The van der Waals surface area contributed by atoms with E-state index in [9.17, 15) is 8.42 Å². The van der Waals surface area contributed by atoms with E-state index in [-0.39, 0.29) is 4.90 Å². The Balaban J connectivity index is 1.31. The lowest BCUT2D eigenvalue weighted by Crippen LogP contribution is -2.20. The minimum absolute atomic E-state index is 0.0506. The SMILES string of the molecule is N#Cc1cccc(S(=O)(=O)Nc2cccc(CNCCOc3cccc4[nH]ccc34)c2)c1. The molecular weight excluding hydrogens is 424 g/mol. The maximum absolute atomic E-state index is 12.6. The fourth-order valence-corrected chi connectivity index (χ4v) is 4.43. The predicted molar refractivity (Wildman–Crippen MR) is 124 cm³/mol.